The Labute approximate surface area is 85.3 Å². The summed E-state index contributed by atoms with van der Waals surface area (Å²) in [5.41, 5.74) is 0.482. The fourth-order valence-corrected chi connectivity index (χ4v) is 1.04. The number of hydrogen-bond acceptors (Lipinski definition) is 4. The van der Waals surface area contributed by atoms with Gasteiger partial charge in [-0.25, -0.2) is 0 Å². The Morgan fingerprint density at radius 1 is 1.29 bits per heavy atom. The van der Waals surface area contributed by atoms with Crippen LogP contribution in [0.4, 0.5) is 0 Å². The number of rotatable bonds is 6. The van der Waals surface area contributed by atoms with Crippen molar-refractivity contribution in [2.75, 3.05) is 27.7 Å². The molecule has 0 aromatic rings. The van der Waals surface area contributed by atoms with Crippen molar-refractivity contribution in [2.45, 2.75) is 12.7 Å². The van der Waals surface area contributed by atoms with Crippen LogP contribution in [0.2, 0.25) is 0 Å². The Hall–Kier alpha value is -0.910. The first-order valence-corrected chi connectivity index (χ1v) is 4.51. The third kappa shape index (κ3) is 3.45. The van der Waals surface area contributed by atoms with Gasteiger partial charge in [-0.15, -0.1) is 0 Å². The zero-order valence-electron chi connectivity index (χ0n) is 9.32. The molecule has 0 aromatic carbocycles. The lowest BCUT2D eigenvalue weighted by Crippen LogP contribution is -2.70. The van der Waals surface area contributed by atoms with Crippen molar-refractivity contribution in [1.82, 2.24) is 21.3 Å². The maximum Gasteiger partial charge on any atom is 0.248 e. The van der Waals surface area contributed by atoms with Crippen molar-refractivity contribution in [2.24, 2.45) is 0 Å². The van der Waals surface area contributed by atoms with Gasteiger partial charge in [-0.05, 0) is 28.1 Å². The molecule has 82 valence electrons. The Bertz CT molecular complexity index is 211. The van der Waals surface area contributed by atoms with Gasteiger partial charge >= 0.3 is 0 Å². The van der Waals surface area contributed by atoms with Gasteiger partial charge in [0.1, 0.15) is 0 Å². The quantitative estimate of drug-likeness (QED) is 0.328. The minimum Gasteiger partial charge on any atom is -0.321 e. The smallest absolute Gasteiger partial charge is 0.248 e. The van der Waals surface area contributed by atoms with Gasteiger partial charge in [0.25, 0.3) is 0 Å². The first-order chi connectivity index (χ1) is 6.51. The molecule has 0 atom stereocenters. The number of nitrogens with one attached hydrogen (secondary N) is 4. The van der Waals surface area contributed by atoms with E-state index in [0.29, 0.717) is 12.1 Å². The van der Waals surface area contributed by atoms with Crippen LogP contribution in [0, 0.1) is 0 Å². The zero-order chi connectivity index (χ0) is 11.2. The molecule has 4 N–H and O–H groups in total. The molecular formula is C9H20N4O. The molecule has 14 heavy (non-hydrogen) atoms. The molecule has 0 fully saturated rings. The molecule has 0 aromatic heterocycles. The van der Waals surface area contributed by atoms with Gasteiger partial charge in [0, 0.05) is 12.1 Å². The summed E-state index contributed by atoms with van der Waals surface area (Å²) in [7, 11) is 5.36. The van der Waals surface area contributed by atoms with E-state index in [1.54, 1.807) is 21.0 Å². The second kappa shape index (κ2) is 5.74. The number of carbonyl (C=O) groups is 1. The van der Waals surface area contributed by atoms with Crippen LogP contribution >= 0.6 is 0 Å². The van der Waals surface area contributed by atoms with Crippen LogP contribution in [0.3, 0.4) is 0 Å². The van der Waals surface area contributed by atoms with Gasteiger partial charge in [0.15, 0.2) is 5.79 Å². The third-order valence-corrected chi connectivity index (χ3v) is 2.01. The summed E-state index contributed by atoms with van der Waals surface area (Å²) in [5.74, 6) is -0.811. The summed E-state index contributed by atoms with van der Waals surface area (Å²) >= 11 is 0. The highest BCUT2D eigenvalue weighted by Crippen LogP contribution is 1.95. The van der Waals surface area contributed by atoms with Crippen molar-refractivity contribution in [3.63, 3.8) is 0 Å². The molecular weight excluding hydrogens is 180 g/mol. The Morgan fingerprint density at radius 2 is 1.79 bits per heavy atom. The van der Waals surface area contributed by atoms with Crippen LogP contribution in [-0.2, 0) is 4.79 Å². The van der Waals surface area contributed by atoms with E-state index in [-0.39, 0.29) is 5.91 Å². The average Bonchev–Trinajstić information content (AvgIpc) is 2.16. The van der Waals surface area contributed by atoms with E-state index in [2.05, 4.69) is 27.8 Å². The van der Waals surface area contributed by atoms with Crippen LogP contribution in [0.5, 0.6) is 0 Å². The van der Waals surface area contributed by atoms with Crippen molar-refractivity contribution in [1.29, 1.82) is 0 Å². The molecule has 0 unspecified atom stereocenters. The normalized spacial score (nSPS) is 11.1. The van der Waals surface area contributed by atoms with E-state index in [1.165, 1.54) is 0 Å². The zero-order valence-corrected chi connectivity index (χ0v) is 9.32. The fourth-order valence-electron chi connectivity index (χ4n) is 1.04. The Balaban J connectivity index is 4.49. The maximum atomic E-state index is 11.4. The van der Waals surface area contributed by atoms with Gasteiger partial charge in [0.05, 0.1) is 0 Å². The van der Waals surface area contributed by atoms with E-state index in [1.807, 2.05) is 7.05 Å². The van der Waals surface area contributed by atoms with Crippen molar-refractivity contribution >= 4 is 5.91 Å². The summed E-state index contributed by atoms with van der Waals surface area (Å²) in [4.78, 5) is 11.4. The predicted molar refractivity (Wildman–Crippen MR) is 57.7 cm³/mol. The standard InChI is InChI=1S/C9H20N4O/c1-7(2)8(14)13-9(11-4,12-5)6-10-3/h10-12H,1,6H2,2-5H3,(H,13,14). The van der Waals surface area contributed by atoms with E-state index in [4.69, 9.17) is 0 Å². The molecule has 0 heterocycles. The first kappa shape index (κ1) is 13.1. The topological polar surface area (TPSA) is 65.2 Å². The highest BCUT2D eigenvalue weighted by molar-refractivity contribution is 5.92. The van der Waals surface area contributed by atoms with Gasteiger partial charge in [0.2, 0.25) is 5.91 Å². The van der Waals surface area contributed by atoms with Crippen molar-refractivity contribution < 1.29 is 4.79 Å². The predicted octanol–water partition coefficient (Wildman–Crippen LogP) is -1.01. The van der Waals surface area contributed by atoms with Gasteiger partial charge in [-0.3, -0.25) is 15.4 Å². The van der Waals surface area contributed by atoms with E-state index in [9.17, 15) is 4.79 Å². The number of carbonyl (C=O) groups excluding carboxylic acids is 1. The monoisotopic (exact) mass is 200 g/mol. The summed E-state index contributed by atoms with van der Waals surface area (Å²) in [6, 6.07) is 0. The van der Waals surface area contributed by atoms with Gasteiger partial charge in [-0.2, -0.15) is 0 Å². The second-order valence-corrected chi connectivity index (χ2v) is 3.17. The van der Waals surface area contributed by atoms with Gasteiger partial charge < -0.3 is 10.6 Å². The maximum absolute atomic E-state index is 11.4. The molecule has 0 rings (SSSR count). The van der Waals surface area contributed by atoms with E-state index in [0.717, 1.165) is 0 Å². The Kier molecular flexibility index (Phi) is 5.37. The van der Waals surface area contributed by atoms with Crippen molar-refractivity contribution in [3.05, 3.63) is 12.2 Å². The lowest BCUT2D eigenvalue weighted by molar-refractivity contribution is -0.120. The lowest BCUT2D eigenvalue weighted by Gasteiger charge is -2.34. The van der Waals surface area contributed by atoms with Crippen LogP contribution < -0.4 is 21.3 Å². The van der Waals surface area contributed by atoms with Gasteiger partial charge in [-0.1, -0.05) is 6.58 Å². The summed E-state index contributed by atoms with van der Waals surface area (Å²) in [6.45, 7) is 5.82. The minimum atomic E-state index is -0.634. The number of amides is 1. The first-order valence-electron chi connectivity index (χ1n) is 4.51. The van der Waals surface area contributed by atoms with E-state index < -0.39 is 5.79 Å². The van der Waals surface area contributed by atoms with Crippen LogP contribution in [-0.4, -0.2) is 39.4 Å². The molecule has 5 heteroatoms. The third-order valence-electron chi connectivity index (χ3n) is 2.01. The van der Waals surface area contributed by atoms with Crippen molar-refractivity contribution in [3.8, 4) is 0 Å². The SMILES string of the molecule is C=C(C)C(=O)NC(CNC)(NC)NC. The summed E-state index contributed by atoms with van der Waals surface area (Å²) in [6.07, 6.45) is 0. The highest BCUT2D eigenvalue weighted by Gasteiger charge is 2.26. The highest BCUT2D eigenvalue weighted by atomic mass is 16.2. The lowest BCUT2D eigenvalue weighted by atomic mass is 10.2. The van der Waals surface area contributed by atoms with E-state index >= 15 is 0 Å². The molecule has 0 radical (unpaired) electrons. The molecule has 0 spiro atoms. The molecule has 0 bridgehead atoms. The molecule has 0 aliphatic rings. The summed E-state index contributed by atoms with van der Waals surface area (Å²) < 4.78 is 0. The number of likely N-dealkylation sites (N-methyl/N-ethyl adjacent to an activating group) is 3. The second-order valence-electron chi connectivity index (χ2n) is 3.17. The molecule has 0 aliphatic carbocycles. The molecule has 5 nitrogen and oxygen atoms in total. The molecule has 0 saturated carbocycles. The van der Waals surface area contributed by atoms with Crippen LogP contribution in [0.1, 0.15) is 6.92 Å². The minimum absolute atomic E-state index is 0.177. The average molecular weight is 200 g/mol. The largest absolute Gasteiger partial charge is 0.321 e. The fraction of sp³-hybridized carbons (Fsp3) is 0.667. The molecule has 0 aliphatic heterocycles. The Morgan fingerprint density at radius 3 is 2.07 bits per heavy atom. The van der Waals surface area contributed by atoms with Crippen LogP contribution in [0.15, 0.2) is 12.2 Å². The molecule has 1 amide bonds. The molecule has 0 saturated heterocycles. The number of hydrogen-bond donors (Lipinski definition) is 4. The summed E-state index contributed by atoms with van der Waals surface area (Å²) in [5, 5.41) is 11.8. The van der Waals surface area contributed by atoms with Crippen LogP contribution in [0.25, 0.3) is 0 Å².